The van der Waals surface area contributed by atoms with Crippen molar-refractivity contribution < 1.29 is 18.4 Å². The normalized spacial score (nSPS) is 10.6. The molecule has 0 bridgehead atoms. The van der Waals surface area contributed by atoms with E-state index in [0.29, 0.717) is 23.6 Å². The molecule has 0 aliphatic carbocycles. The molecule has 0 saturated heterocycles. The van der Waals surface area contributed by atoms with Gasteiger partial charge in [-0.2, -0.15) is 5.26 Å². The van der Waals surface area contributed by atoms with Crippen LogP contribution in [0.3, 0.4) is 0 Å². The van der Waals surface area contributed by atoms with Crippen molar-refractivity contribution in [3.8, 4) is 6.07 Å². The average molecular weight is 463 g/mol. The topological polar surface area (TPSA) is 89.6 Å². The quantitative estimate of drug-likeness (QED) is 0.484. The van der Waals surface area contributed by atoms with Gasteiger partial charge in [0.15, 0.2) is 0 Å². The molecule has 0 spiro atoms. The molecule has 0 saturated carbocycles. The van der Waals surface area contributed by atoms with E-state index in [1.54, 1.807) is 53.4 Å². The molecule has 0 fully saturated rings. The van der Waals surface area contributed by atoms with Crippen LogP contribution in [-0.4, -0.2) is 34.8 Å². The van der Waals surface area contributed by atoms with Gasteiger partial charge in [0.05, 0.1) is 24.4 Å². The SMILES string of the molecule is CC(C)CN(CC(=O)N(Cc1ccc(F)cc1)Cc1ccco1)C(=O)Nc1cccc(C#N)c1. The van der Waals surface area contributed by atoms with Crippen molar-refractivity contribution in [3.63, 3.8) is 0 Å². The molecule has 176 valence electrons. The standard InChI is InChI=1S/C26H27FN4O3/c1-19(2)15-31(26(33)29-23-6-3-5-21(13-23)14-28)18-25(32)30(17-24-7-4-12-34-24)16-20-8-10-22(27)11-9-20/h3-13,19H,15-18H2,1-2H3,(H,29,33). The highest BCUT2D eigenvalue weighted by molar-refractivity contribution is 5.92. The minimum absolute atomic E-state index is 0.125. The molecule has 0 unspecified atom stereocenters. The lowest BCUT2D eigenvalue weighted by atomic mass is 10.2. The highest BCUT2D eigenvalue weighted by Crippen LogP contribution is 2.15. The van der Waals surface area contributed by atoms with E-state index in [1.165, 1.54) is 23.3 Å². The Kier molecular flexibility index (Phi) is 8.41. The van der Waals surface area contributed by atoms with Crippen LogP contribution in [0.4, 0.5) is 14.9 Å². The van der Waals surface area contributed by atoms with Gasteiger partial charge in [-0.25, -0.2) is 9.18 Å². The van der Waals surface area contributed by atoms with E-state index in [0.717, 1.165) is 5.56 Å². The van der Waals surface area contributed by atoms with E-state index in [4.69, 9.17) is 9.68 Å². The molecule has 3 rings (SSSR count). The second-order valence-electron chi connectivity index (χ2n) is 8.35. The summed E-state index contributed by atoms with van der Waals surface area (Å²) in [4.78, 5) is 29.4. The van der Waals surface area contributed by atoms with Crippen molar-refractivity contribution in [2.24, 2.45) is 5.92 Å². The van der Waals surface area contributed by atoms with Crippen molar-refractivity contribution in [3.05, 3.63) is 89.6 Å². The minimum atomic E-state index is -0.433. The third-order valence-electron chi connectivity index (χ3n) is 5.01. The largest absolute Gasteiger partial charge is 0.467 e. The Labute approximate surface area is 198 Å². The van der Waals surface area contributed by atoms with Gasteiger partial charge in [0.2, 0.25) is 5.91 Å². The lowest BCUT2D eigenvalue weighted by molar-refractivity contribution is -0.133. The van der Waals surface area contributed by atoms with E-state index in [-0.39, 0.29) is 37.3 Å². The molecule has 3 aromatic rings. The maximum atomic E-state index is 13.3. The van der Waals surface area contributed by atoms with Crippen LogP contribution in [0, 0.1) is 23.1 Å². The van der Waals surface area contributed by atoms with Crippen LogP contribution in [0.15, 0.2) is 71.3 Å². The van der Waals surface area contributed by atoms with Crippen molar-refractivity contribution in [2.75, 3.05) is 18.4 Å². The molecule has 8 heteroatoms. The van der Waals surface area contributed by atoms with Crippen molar-refractivity contribution in [1.29, 1.82) is 5.26 Å². The molecular weight excluding hydrogens is 435 g/mol. The molecule has 3 amide bonds. The number of furan rings is 1. The molecule has 0 aliphatic heterocycles. The highest BCUT2D eigenvalue weighted by Gasteiger charge is 2.23. The molecule has 34 heavy (non-hydrogen) atoms. The van der Waals surface area contributed by atoms with Crippen molar-refractivity contribution >= 4 is 17.6 Å². The molecule has 1 aromatic heterocycles. The van der Waals surface area contributed by atoms with Gasteiger partial charge >= 0.3 is 6.03 Å². The number of rotatable bonds is 9. The van der Waals surface area contributed by atoms with Gasteiger partial charge in [0, 0.05) is 18.8 Å². The molecule has 0 aliphatic rings. The summed E-state index contributed by atoms with van der Waals surface area (Å²) in [5.74, 6) is 0.0958. The summed E-state index contributed by atoms with van der Waals surface area (Å²) in [6.45, 7) is 4.58. The molecule has 1 N–H and O–H groups in total. The fraction of sp³-hybridized carbons (Fsp3) is 0.269. The average Bonchev–Trinajstić information content (AvgIpc) is 3.32. The fourth-order valence-corrected chi connectivity index (χ4v) is 3.43. The number of carbonyl (C=O) groups excluding carboxylic acids is 2. The maximum Gasteiger partial charge on any atom is 0.322 e. The summed E-state index contributed by atoms with van der Waals surface area (Å²) < 4.78 is 18.7. The van der Waals surface area contributed by atoms with Gasteiger partial charge in [-0.05, 0) is 53.9 Å². The van der Waals surface area contributed by atoms with Crippen LogP contribution >= 0.6 is 0 Å². The monoisotopic (exact) mass is 462 g/mol. The Hall–Kier alpha value is -4.12. The number of hydrogen-bond donors (Lipinski definition) is 1. The zero-order valence-corrected chi connectivity index (χ0v) is 19.2. The Morgan fingerprint density at radius 1 is 1.06 bits per heavy atom. The first-order valence-electron chi connectivity index (χ1n) is 10.9. The van der Waals surface area contributed by atoms with Crippen LogP contribution < -0.4 is 5.32 Å². The summed E-state index contributed by atoms with van der Waals surface area (Å²) in [5, 5.41) is 11.9. The smallest absolute Gasteiger partial charge is 0.322 e. The van der Waals surface area contributed by atoms with E-state index in [9.17, 15) is 14.0 Å². The molecule has 7 nitrogen and oxygen atoms in total. The van der Waals surface area contributed by atoms with Crippen LogP contribution in [0.25, 0.3) is 0 Å². The Bertz CT molecular complexity index is 1140. The number of carbonyl (C=O) groups is 2. The van der Waals surface area contributed by atoms with Gasteiger partial charge in [0.1, 0.15) is 18.1 Å². The van der Waals surface area contributed by atoms with E-state index in [2.05, 4.69) is 5.32 Å². The second-order valence-corrected chi connectivity index (χ2v) is 8.35. The van der Waals surface area contributed by atoms with Gasteiger partial charge in [-0.1, -0.05) is 32.0 Å². The lowest BCUT2D eigenvalue weighted by Gasteiger charge is -2.28. The Balaban J connectivity index is 1.76. The predicted octanol–water partition coefficient (Wildman–Crippen LogP) is 5.01. The number of urea groups is 1. The second kappa shape index (κ2) is 11.7. The van der Waals surface area contributed by atoms with Gasteiger partial charge in [-0.15, -0.1) is 0 Å². The fourth-order valence-electron chi connectivity index (χ4n) is 3.43. The predicted molar refractivity (Wildman–Crippen MR) is 126 cm³/mol. The Morgan fingerprint density at radius 2 is 1.82 bits per heavy atom. The van der Waals surface area contributed by atoms with E-state index in [1.807, 2.05) is 19.9 Å². The van der Waals surface area contributed by atoms with Gasteiger partial charge in [0.25, 0.3) is 0 Å². The number of nitriles is 1. The molecular formula is C26H27FN4O3. The summed E-state index contributed by atoms with van der Waals surface area (Å²) in [6.07, 6.45) is 1.53. The number of amides is 3. The number of anilines is 1. The van der Waals surface area contributed by atoms with Crippen LogP contribution in [0.5, 0.6) is 0 Å². The minimum Gasteiger partial charge on any atom is -0.467 e. The summed E-state index contributed by atoms with van der Waals surface area (Å²) in [6, 6.07) is 17.6. The Morgan fingerprint density at radius 3 is 2.47 bits per heavy atom. The van der Waals surface area contributed by atoms with Crippen LogP contribution in [0.2, 0.25) is 0 Å². The maximum absolute atomic E-state index is 13.3. The summed E-state index contributed by atoms with van der Waals surface area (Å²) in [5.41, 5.74) is 1.66. The van der Waals surface area contributed by atoms with Crippen LogP contribution in [-0.2, 0) is 17.9 Å². The number of nitrogens with one attached hydrogen (secondary N) is 1. The highest BCUT2D eigenvalue weighted by atomic mass is 19.1. The zero-order chi connectivity index (χ0) is 24.5. The van der Waals surface area contributed by atoms with E-state index < -0.39 is 6.03 Å². The third kappa shape index (κ3) is 7.20. The van der Waals surface area contributed by atoms with E-state index >= 15 is 0 Å². The molecule has 0 radical (unpaired) electrons. The molecule has 2 aromatic carbocycles. The number of nitrogens with zero attached hydrogens (tertiary/aromatic N) is 3. The molecule has 0 atom stereocenters. The lowest BCUT2D eigenvalue weighted by Crippen LogP contribution is -2.45. The van der Waals surface area contributed by atoms with Crippen LogP contribution in [0.1, 0.15) is 30.7 Å². The zero-order valence-electron chi connectivity index (χ0n) is 19.2. The number of benzene rings is 2. The first kappa shape index (κ1) is 24.5. The van der Waals surface area contributed by atoms with Crippen molar-refractivity contribution in [2.45, 2.75) is 26.9 Å². The van der Waals surface area contributed by atoms with Crippen molar-refractivity contribution in [1.82, 2.24) is 9.80 Å². The van der Waals surface area contributed by atoms with Gasteiger partial charge < -0.3 is 19.5 Å². The third-order valence-corrected chi connectivity index (χ3v) is 5.01. The molecule has 1 heterocycles. The first-order valence-corrected chi connectivity index (χ1v) is 10.9. The summed E-state index contributed by atoms with van der Waals surface area (Å²) in [7, 11) is 0. The number of halogens is 1. The first-order chi connectivity index (χ1) is 16.3. The summed E-state index contributed by atoms with van der Waals surface area (Å²) >= 11 is 0. The number of hydrogen-bond acceptors (Lipinski definition) is 4. The van der Waals surface area contributed by atoms with Gasteiger partial charge in [-0.3, -0.25) is 4.79 Å².